The maximum absolute atomic E-state index is 14.8. The molecule has 0 saturated carbocycles. The SMILES string of the molecule is CCC(=O)NCCC1CN(c2ccc(N3CC[Si](C)(C)CC3)c(F)c2)C(=O)O1. The molecule has 2 heterocycles. The number of nitrogens with zero attached hydrogens (tertiary/aromatic N) is 2. The zero-order valence-electron chi connectivity index (χ0n) is 17.0. The van der Waals surface area contributed by atoms with Crippen LogP contribution in [0.1, 0.15) is 19.8 Å². The first-order valence-electron chi connectivity index (χ1n) is 10.1. The van der Waals surface area contributed by atoms with Crippen LogP contribution in [-0.4, -0.2) is 52.4 Å². The van der Waals surface area contributed by atoms with Gasteiger partial charge in [-0.2, -0.15) is 0 Å². The van der Waals surface area contributed by atoms with Crippen LogP contribution in [-0.2, 0) is 9.53 Å². The van der Waals surface area contributed by atoms with Gasteiger partial charge in [-0.15, -0.1) is 0 Å². The monoisotopic (exact) mass is 407 g/mol. The maximum Gasteiger partial charge on any atom is 0.414 e. The Balaban J connectivity index is 1.60. The van der Waals surface area contributed by atoms with Crippen molar-refractivity contribution in [2.45, 2.75) is 51.1 Å². The van der Waals surface area contributed by atoms with Gasteiger partial charge < -0.3 is 15.0 Å². The van der Waals surface area contributed by atoms with E-state index in [9.17, 15) is 14.0 Å². The van der Waals surface area contributed by atoms with Gasteiger partial charge in [0.1, 0.15) is 11.9 Å². The van der Waals surface area contributed by atoms with Crippen LogP contribution in [0.25, 0.3) is 0 Å². The Morgan fingerprint density at radius 1 is 1.32 bits per heavy atom. The van der Waals surface area contributed by atoms with Gasteiger partial charge in [-0.05, 0) is 30.3 Å². The number of hydrogen-bond acceptors (Lipinski definition) is 4. The quantitative estimate of drug-likeness (QED) is 0.732. The Bertz CT molecular complexity index is 733. The number of amides is 2. The number of rotatable bonds is 6. The molecular formula is C20H30FN3O3Si. The summed E-state index contributed by atoms with van der Waals surface area (Å²) in [5, 5.41) is 2.78. The Morgan fingerprint density at radius 2 is 2.04 bits per heavy atom. The van der Waals surface area contributed by atoms with E-state index in [0.29, 0.717) is 37.3 Å². The lowest BCUT2D eigenvalue weighted by Crippen LogP contribution is -2.43. The molecule has 154 valence electrons. The van der Waals surface area contributed by atoms with Gasteiger partial charge in [0, 0.05) is 32.5 Å². The number of hydrogen-bond donors (Lipinski definition) is 1. The molecule has 0 aromatic heterocycles. The Kier molecular flexibility index (Phi) is 6.27. The smallest absolute Gasteiger partial charge is 0.414 e. The second-order valence-electron chi connectivity index (χ2n) is 8.40. The van der Waals surface area contributed by atoms with Crippen LogP contribution < -0.4 is 15.1 Å². The molecule has 1 N–H and O–H groups in total. The van der Waals surface area contributed by atoms with Gasteiger partial charge in [-0.1, -0.05) is 20.0 Å². The number of benzene rings is 1. The number of nitrogens with one attached hydrogen (secondary N) is 1. The summed E-state index contributed by atoms with van der Waals surface area (Å²) in [4.78, 5) is 27.1. The molecule has 6 nitrogen and oxygen atoms in total. The molecule has 1 aromatic rings. The molecule has 0 aliphatic carbocycles. The lowest BCUT2D eigenvalue weighted by Gasteiger charge is -2.37. The van der Waals surface area contributed by atoms with E-state index in [0.717, 1.165) is 13.1 Å². The van der Waals surface area contributed by atoms with Crippen LogP contribution in [0.3, 0.4) is 0 Å². The lowest BCUT2D eigenvalue weighted by molar-refractivity contribution is -0.120. The maximum atomic E-state index is 14.8. The highest BCUT2D eigenvalue weighted by molar-refractivity contribution is 6.77. The Morgan fingerprint density at radius 3 is 2.68 bits per heavy atom. The molecule has 0 bridgehead atoms. The van der Waals surface area contributed by atoms with Crippen LogP contribution in [0, 0.1) is 5.82 Å². The normalized spacial score (nSPS) is 21.6. The third kappa shape index (κ3) is 4.84. The molecule has 3 rings (SSSR count). The van der Waals surface area contributed by atoms with E-state index in [1.807, 2.05) is 0 Å². The first-order chi connectivity index (χ1) is 13.3. The number of carbonyl (C=O) groups is 2. The van der Waals surface area contributed by atoms with E-state index in [-0.39, 0.29) is 17.8 Å². The van der Waals surface area contributed by atoms with E-state index in [1.165, 1.54) is 23.1 Å². The molecule has 28 heavy (non-hydrogen) atoms. The summed E-state index contributed by atoms with van der Waals surface area (Å²) < 4.78 is 20.1. The van der Waals surface area contributed by atoms with Crippen molar-refractivity contribution in [3.63, 3.8) is 0 Å². The second-order valence-corrected chi connectivity index (χ2v) is 13.7. The van der Waals surface area contributed by atoms with Crippen molar-refractivity contribution in [2.75, 3.05) is 36.0 Å². The molecule has 1 unspecified atom stereocenters. The highest BCUT2D eigenvalue weighted by Gasteiger charge is 2.33. The topological polar surface area (TPSA) is 61.9 Å². The minimum atomic E-state index is -1.11. The van der Waals surface area contributed by atoms with Gasteiger partial charge in [-0.3, -0.25) is 9.69 Å². The molecule has 0 radical (unpaired) electrons. The van der Waals surface area contributed by atoms with Crippen LogP contribution >= 0.6 is 0 Å². The summed E-state index contributed by atoms with van der Waals surface area (Å²) in [6.45, 7) is 9.17. The minimum Gasteiger partial charge on any atom is -0.444 e. The molecule has 1 atom stereocenters. The van der Waals surface area contributed by atoms with Crippen molar-refractivity contribution in [3.05, 3.63) is 24.0 Å². The summed E-state index contributed by atoms with van der Waals surface area (Å²) in [7, 11) is -1.11. The van der Waals surface area contributed by atoms with E-state index in [2.05, 4.69) is 23.3 Å². The van der Waals surface area contributed by atoms with Crippen molar-refractivity contribution >= 4 is 31.4 Å². The molecule has 2 fully saturated rings. The van der Waals surface area contributed by atoms with E-state index < -0.39 is 14.2 Å². The molecule has 2 saturated heterocycles. The number of halogens is 1. The van der Waals surface area contributed by atoms with Gasteiger partial charge in [-0.25, -0.2) is 9.18 Å². The van der Waals surface area contributed by atoms with Gasteiger partial charge in [0.05, 0.1) is 26.0 Å². The zero-order chi connectivity index (χ0) is 20.3. The van der Waals surface area contributed by atoms with Crippen LogP contribution in [0.2, 0.25) is 25.2 Å². The van der Waals surface area contributed by atoms with Crippen LogP contribution in [0.15, 0.2) is 18.2 Å². The van der Waals surface area contributed by atoms with Crippen molar-refractivity contribution in [3.8, 4) is 0 Å². The highest BCUT2D eigenvalue weighted by atomic mass is 28.3. The van der Waals surface area contributed by atoms with Crippen molar-refractivity contribution < 1.29 is 18.7 Å². The van der Waals surface area contributed by atoms with E-state index in [4.69, 9.17) is 4.74 Å². The molecule has 0 spiro atoms. The average Bonchev–Trinajstić information content (AvgIpc) is 3.02. The summed E-state index contributed by atoms with van der Waals surface area (Å²) >= 11 is 0. The molecule has 2 aliphatic rings. The van der Waals surface area contributed by atoms with Gasteiger partial charge in [0.15, 0.2) is 0 Å². The van der Waals surface area contributed by atoms with Gasteiger partial charge in [0.2, 0.25) is 5.91 Å². The predicted molar refractivity (Wildman–Crippen MR) is 111 cm³/mol. The fourth-order valence-electron chi connectivity index (χ4n) is 3.65. The van der Waals surface area contributed by atoms with Gasteiger partial charge in [0.25, 0.3) is 0 Å². The lowest BCUT2D eigenvalue weighted by atomic mass is 10.2. The first-order valence-corrected chi connectivity index (χ1v) is 13.5. The third-order valence-electron chi connectivity index (χ3n) is 5.68. The molecule has 2 aliphatic heterocycles. The summed E-state index contributed by atoms with van der Waals surface area (Å²) in [6, 6.07) is 7.32. The Labute approximate surface area is 167 Å². The molecular weight excluding hydrogens is 377 g/mol. The molecule has 8 heteroatoms. The Hall–Kier alpha value is -2.09. The largest absolute Gasteiger partial charge is 0.444 e. The third-order valence-corrected chi connectivity index (χ3v) is 8.84. The fourth-order valence-corrected chi connectivity index (χ4v) is 5.65. The van der Waals surface area contributed by atoms with Crippen molar-refractivity contribution in [1.29, 1.82) is 0 Å². The van der Waals surface area contributed by atoms with Crippen LogP contribution in [0.5, 0.6) is 0 Å². The minimum absolute atomic E-state index is 0.0254. The average molecular weight is 408 g/mol. The number of anilines is 2. The van der Waals surface area contributed by atoms with Crippen molar-refractivity contribution in [1.82, 2.24) is 5.32 Å². The van der Waals surface area contributed by atoms with Crippen LogP contribution in [0.4, 0.5) is 20.6 Å². The summed E-state index contributed by atoms with van der Waals surface area (Å²) in [5.74, 6) is -0.326. The predicted octanol–water partition coefficient (Wildman–Crippen LogP) is 3.60. The second kappa shape index (κ2) is 8.51. The molecule has 1 aromatic carbocycles. The van der Waals surface area contributed by atoms with Crippen molar-refractivity contribution in [2.24, 2.45) is 0 Å². The number of ether oxygens (including phenoxy) is 1. The number of carbonyl (C=O) groups excluding carboxylic acids is 2. The highest BCUT2D eigenvalue weighted by Crippen LogP contribution is 2.31. The molecule has 2 amide bonds. The van der Waals surface area contributed by atoms with E-state index >= 15 is 0 Å². The summed E-state index contributed by atoms with van der Waals surface area (Å²) in [5.41, 5.74) is 1.12. The van der Waals surface area contributed by atoms with Gasteiger partial charge >= 0.3 is 6.09 Å². The standard InChI is InChI=1S/C20H30FN3O3Si/c1-4-19(25)22-8-7-16-14-24(20(26)27-16)15-5-6-18(17(21)13-15)23-9-11-28(2,3)12-10-23/h5-6,13,16H,4,7-12,14H2,1-3H3,(H,22,25). The number of cyclic esters (lactones) is 1. The summed E-state index contributed by atoms with van der Waals surface area (Å²) in [6.07, 6.45) is 0.201. The zero-order valence-corrected chi connectivity index (χ0v) is 18.0. The first kappa shape index (κ1) is 20.6. The van der Waals surface area contributed by atoms with E-state index in [1.54, 1.807) is 19.1 Å². The fraction of sp³-hybridized carbons (Fsp3) is 0.600.